The molecule has 7 heteroatoms. The van der Waals surface area contributed by atoms with Crippen molar-refractivity contribution in [3.05, 3.63) is 70.2 Å². The van der Waals surface area contributed by atoms with Gasteiger partial charge in [0.05, 0.1) is 13.2 Å². The summed E-state index contributed by atoms with van der Waals surface area (Å²) in [6.07, 6.45) is 1.39. The van der Waals surface area contributed by atoms with Gasteiger partial charge in [0.25, 0.3) is 5.91 Å². The molecule has 0 aromatic heterocycles. The maximum Gasteiger partial charge on any atom is 0.357 e. The third-order valence-electron chi connectivity index (χ3n) is 3.76. The van der Waals surface area contributed by atoms with Crippen LogP contribution in [0, 0.1) is 0 Å². The number of hydrogen-bond donors (Lipinski definition) is 1. The van der Waals surface area contributed by atoms with Crippen molar-refractivity contribution in [1.29, 1.82) is 0 Å². The van der Waals surface area contributed by atoms with Gasteiger partial charge in [-0.15, -0.1) is 0 Å². The lowest BCUT2D eigenvalue weighted by molar-refractivity contribution is 0.0936. The monoisotopic (exact) mass is 453 g/mol. The van der Waals surface area contributed by atoms with Crippen LogP contribution in [0.25, 0.3) is 0 Å². The highest BCUT2D eigenvalue weighted by atomic mass is 79.9. The van der Waals surface area contributed by atoms with Crippen LogP contribution in [0.5, 0.6) is 0 Å². The highest BCUT2D eigenvalue weighted by Gasteiger charge is 2.38. The van der Waals surface area contributed by atoms with E-state index in [1.807, 2.05) is 44.2 Å². The van der Waals surface area contributed by atoms with Crippen LogP contribution in [0.1, 0.15) is 48.4 Å². The number of rotatable bonds is 10. The molecule has 0 spiro atoms. The van der Waals surface area contributed by atoms with Crippen molar-refractivity contribution < 1.29 is 18.4 Å². The van der Waals surface area contributed by atoms with Gasteiger partial charge in [0.1, 0.15) is 0 Å². The van der Waals surface area contributed by atoms with Gasteiger partial charge < -0.3 is 14.4 Å². The van der Waals surface area contributed by atoms with Crippen molar-refractivity contribution in [2.75, 3.05) is 13.2 Å². The Bertz CT molecular complexity index is 755. The minimum Gasteiger partial charge on any atom is -0.334 e. The van der Waals surface area contributed by atoms with Crippen LogP contribution >= 0.6 is 23.5 Å². The summed E-state index contributed by atoms with van der Waals surface area (Å²) in [6, 6.07) is 16.1. The summed E-state index contributed by atoms with van der Waals surface area (Å²) in [4.78, 5) is 12.8. The van der Waals surface area contributed by atoms with E-state index in [0.29, 0.717) is 37.2 Å². The summed E-state index contributed by atoms with van der Waals surface area (Å²) >= 11 is 3.35. The van der Waals surface area contributed by atoms with Crippen molar-refractivity contribution in [1.82, 2.24) is 5.32 Å². The SMILES string of the molecule is CCCOP(=O)(OCCC)[C@@H](NC(=O)c1ccc(Br)cc1)c1ccccc1. The largest absolute Gasteiger partial charge is 0.357 e. The summed E-state index contributed by atoms with van der Waals surface area (Å²) in [7, 11) is -3.61. The van der Waals surface area contributed by atoms with Crippen molar-refractivity contribution in [2.24, 2.45) is 0 Å². The third-order valence-corrected chi connectivity index (χ3v) is 6.43. The van der Waals surface area contributed by atoms with Gasteiger partial charge in [0, 0.05) is 10.0 Å². The van der Waals surface area contributed by atoms with E-state index in [9.17, 15) is 9.36 Å². The van der Waals surface area contributed by atoms with Crippen molar-refractivity contribution in [2.45, 2.75) is 32.5 Å². The fraction of sp³-hybridized carbons (Fsp3) is 0.350. The second-order valence-electron chi connectivity index (χ2n) is 6.00. The van der Waals surface area contributed by atoms with Gasteiger partial charge in [0.2, 0.25) is 0 Å². The molecule has 1 N–H and O–H groups in total. The molecule has 0 aliphatic rings. The predicted molar refractivity (Wildman–Crippen MR) is 111 cm³/mol. The molecule has 0 unspecified atom stereocenters. The van der Waals surface area contributed by atoms with E-state index in [2.05, 4.69) is 21.2 Å². The van der Waals surface area contributed by atoms with Crippen LogP contribution in [-0.4, -0.2) is 19.1 Å². The quantitative estimate of drug-likeness (QED) is 0.453. The van der Waals surface area contributed by atoms with E-state index in [0.717, 1.165) is 4.47 Å². The van der Waals surface area contributed by atoms with E-state index in [1.54, 1.807) is 24.3 Å². The zero-order chi connectivity index (χ0) is 19.7. The Labute approximate surface area is 169 Å². The summed E-state index contributed by atoms with van der Waals surface area (Å²) < 4.78 is 25.8. The third kappa shape index (κ3) is 6.28. The Kier molecular flexibility index (Phi) is 8.71. The maximum atomic E-state index is 13.6. The number of benzene rings is 2. The predicted octanol–water partition coefficient (Wildman–Crippen LogP) is 5.92. The molecule has 0 fully saturated rings. The van der Waals surface area contributed by atoms with Crippen molar-refractivity contribution in [3.8, 4) is 0 Å². The number of nitrogens with one attached hydrogen (secondary N) is 1. The van der Waals surface area contributed by atoms with Gasteiger partial charge >= 0.3 is 7.60 Å². The van der Waals surface area contributed by atoms with E-state index in [1.165, 1.54) is 0 Å². The number of halogens is 1. The first kappa shape index (κ1) is 21.8. The average Bonchev–Trinajstić information content (AvgIpc) is 2.70. The van der Waals surface area contributed by atoms with Crippen LogP contribution in [-0.2, 0) is 13.6 Å². The molecule has 0 saturated carbocycles. The van der Waals surface area contributed by atoms with Gasteiger partial charge in [-0.1, -0.05) is 60.1 Å². The molecule has 0 saturated heterocycles. The van der Waals surface area contributed by atoms with Gasteiger partial charge in [-0.05, 0) is 42.7 Å². The van der Waals surface area contributed by atoms with Gasteiger partial charge in [-0.2, -0.15) is 0 Å². The average molecular weight is 454 g/mol. The van der Waals surface area contributed by atoms with Crippen LogP contribution in [0.2, 0.25) is 0 Å². The van der Waals surface area contributed by atoms with E-state index < -0.39 is 13.4 Å². The molecule has 0 radical (unpaired) electrons. The molecule has 5 nitrogen and oxygen atoms in total. The summed E-state index contributed by atoms with van der Waals surface area (Å²) in [5.41, 5.74) is 1.15. The number of hydrogen-bond acceptors (Lipinski definition) is 4. The number of amides is 1. The summed E-state index contributed by atoms with van der Waals surface area (Å²) in [6.45, 7) is 4.45. The summed E-state index contributed by atoms with van der Waals surface area (Å²) in [5, 5.41) is 2.86. The standard InChI is InChI=1S/C20H25BrNO4P/c1-3-14-25-27(24,26-15-4-2)20(17-8-6-5-7-9-17)22-19(23)16-10-12-18(21)13-11-16/h5-13,20H,3-4,14-15H2,1-2H3,(H,22,23)/t20-/m1/s1. The highest BCUT2D eigenvalue weighted by molar-refractivity contribution is 9.10. The Morgan fingerprint density at radius 2 is 1.56 bits per heavy atom. The Balaban J connectivity index is 2.35. The normalized spacial score (nSPS) is 12.6. The van der Waals surface area contributed by atoms with Crippen molar-refractivity contribution in [3.63, 3.8) is 0 Å². The first-order valence-electron chi connectivity index (χ1n) is 9.00. The fourth-order valence-corrected chi connectivity index (χ4v) is 4.74. The lowest BCUT2D eigenvalue weighted by Gasteiger charge is -2.28. The highest BCUT2D eigenvalue weighted by Crippen LogP contribution is 2.59. The number of carbonyl (C=O) groups is 1. The van der Waals surface area contributed by atoms with E-state index >= 15 is 0 Å². The minimum absolute atomic E-state index is 0.290. The second-order valence-corrected chi connectivity index (χ2v) is 9.03. The maximum absolute atomic E-state index is 13.6. The molecule has 1 amide bonds. The van der Waals surface area contributed by atoms with Crippen LogP contribution in [0.4, 0.5) is 0 Å². The molecule has 27 heavy (non-hydrogen) atoms. The zero-order valence-corrected chi connectivity index (χ0v) is 18.0. The topological polar surface area (TPSA) is 64.6 Å². The molecule has 2 aromatic rings. The van der Waals surface area contributed by atoms with Gasteiger partial charge in [0.15, 0.2) is 5.78 Å². The summed E-state index contributed by atoms with van der Waals surface area (Å²) in [5.74, 6) is -1.22. The molecular formula is C20H25BrNO4P. The first-order valence-corrected chi connectivity index (χ1v) is 11.4. The molecule has 0 aliphatic carbocycles. The molecule has 2 rings (SSSR count). The van der Waals surface area contributed by atoms with Crippen LogP contribution in [0.15, 0.2) is 59.1 Å². The lowest BCUT2D eigenvalue weighted by atomic mass is 10.2. The van der Waals surface area contributed by atoms with Gasteiger partial charge in [-0.3, -0.25) is 9.36 Å². The fourth-order valence-electron chi connectivity index (χ4n) is 2.41. The van der Waals surface area contributed by atoms with Gasteiger partial charge in [-0.25, -0.2) is 0 Å². The molecule has 1 atom stereocenters. The minimum atomic E-state index is -3.61. The Morgan fingerprint density at radius 3 is 2.07 bits per heavy atom. The lowest BCUT2D eigenvalue weighted by Crippen LogP contribution is -2.30. The van der Waals surface area contributed by atoms with E-state index in [-0.39, 0.29) is 5.91 Å². The van der Waals surface area contributed by atoms with Crippen LogP contribution in [0.3, 0.4) is 0 Å². The smallest absolute Gasteiger partial charge is 0.334 e. The van der Waals surface area contributed by atoms with Crippen molar-refractivity contribution >= 4 is 29.4 Å². The molecule has 0 heterocycles. The van der Waals surface area contributed by atoms with E-state index in [4.69, 9.17) is 9.05 Å². The Morgan fingerprint density at radius 1 is 1.00 bits per heavy atom. The Hall–Kier alpha value is -1.46. The zero-order valence-electron chi connectivity index (χ0n) is 15.6. The molecule has 146 valence electrons. The molecule has 0 aliphatic heterocycles. The molecular weight excluding hydrogens is 429 g/mol. The number of carbonyl (C=O) groups excluding carboxylic acids is 1. The second kappa shape index (κ2) is 10.8. The first-order chi connectivity index (χ1) is 13.0. The molecule has 2 aromatic carbocycles. The van der Waals surface area contributed by atoms with Crippen LogP contribution < -0.4 is 5.32 Å². The molecule has 0 bridgehead atoms.